The van der Waals surface area contributed by atoms with E-state index in [4.69, 9.17) is 0 Å². The molecule has 0 atom stereocenters. The van der Waals surface area contributed by atoms with E-state index in [-0.39, 0.29) is 0 Å². The number of halogens is 2. The summed E-state index contributed by atoms with van der Waals surface area (Å²) in [6.07, 6.45) is 3.09. The fourth-order valence-electron chi connectivity index (χ4n) is 1.48. The zero-order valence-corrected chi connectivity index (χ0v) is 8.82. The highest BCUT2D eigenvalue weighted by Crippen LogP contribution is 2.10. The first-order valence-electron chi connectivity index (χ1n) is 4.94. The molecule has 5 heteroatoms. The lowest BCUT2D eigenvalue weighted by Crippen LogP contribution is -1.94. The molecular formula is C11H11F2N3. The van der Waals surface area contributed by atoms with Crippen LogP contribution in [-0.4, -0.2) is 15.0 Å². The van der Waals surface area contributed by atoms with Gasteiger partial charge in [-0.1, -0.05) is 11.3 Å². The fourth-order valence-corrected chi connectivity index (χ4v) is 1.48. The third-order valence-corrected chi connectivity index (χ3v) is 2.30. The Kier molecular flexibility index (Phi) is 2.94. The van der Waals surface area contributed by atoms with Gasteiger partial charge in [-0.05, 0) is 30.5 Å². The maximum absolute atomic E-state index is 12.9. The van der Waals surface area contributed by atoms with Crippen LogP contribution in [0.4, 0.5) is 8.78 Å². The number of rotatable bonds is 3. The van der Waals surface area contributed by atoms with Crippen LogP contribution in [0.2, 0.25) is 0 Å². The second-order valence-corrected chi connectivity index (χ2v) is 3.63. The van der Waals surface area contributed by atoms with Crippen LogP contribution in [0, 0.1) is 11.6 Å². The molecule has 0 aliphatic rings. The Labute approximate surface area is 91.7 Å². The molecular weight excluding hydrogens is 212 g/mol. The highest BCUT2D eigenvalue weighted by Gasteiger charge is 2.04. The van der Waals surface area contributed by atoms with E-state index in [1.54, 1.807) is 24.0 Å². The second-order valence-electron chi connectivity index (χ2n) is 3.63. The van der Waals surface area contributed by atoms with Crippen LogP contribution < -0.4 is 0 Å². The summed E-state index contributed by atoms with van der Waals surface area (Å²) in [5.74, 6) is -1.63. The molecule has 1 heterocycles. The zero-order valence-electron chi connectivity index (χ0n) is 8.82. The number of benzene rings is 1. The lowest BCUT2D eigenvalue weighted by Gasteiger charge is -1.99. The van der Waals surface area contributed by atoms with Crippen molar-refractivity contribution in [2.24, 2.45) is 7.05 Å². The molecule has 16 heavy (non-hydrogen) atoms. The summed E-state index contributed by atoms with van der Waals surface area (Å²) in [4.78, 5) is 0. The van der Waals surface area contributed by atoms with Crippen molar-refractivity contribution in [2.75, 3.05) is 0 Å². The van der Waals surface area contributed by atoms with Crippen LogP contribution in [-0.2, 0) is 19.9 Å². The molecule has 0 aliphatic carbocycles. The van der Waals surface area contributed by atoms with Crippen molar-refractivity contribution >= 4 is 0 Å². The molecule has 0 radical (unpaired) electrons. The predicted molar refractivity (Wildman–Crippen MR) is 54.8 cm³/mol. The predicted octanol–water partition coefficient (Wildman–Crippen LogP) is 1.88. The third-order valence-electron chi connectivity index (χ3n) is 2.30. The minimum atomic E-state index is -0.816. The number of aromatic nitrogens is 3. The monoisotopic (exact) mass is 223 g/mol. The summed E-state index contributed by atoms with van der Waals surface area (Å²) in [5.41, 5.74) is 1.59. The average Bonchev–Trinajstić information content (AvgIpc) is 2.66. The average molecular weight is 223 g/mol. The molecule has 1 aromatic carbocycles. The summed E-state index contributed by atoms with van der Waals surface area (Å²) in [6, 6.07) is 3.93. The first kappa shape index (κ1) is 10.7. The van der Waals surface area contributed by atoms with Crippen molar-refractivity contribution < 1.29 is 8.78 Å². The van der Waals surface area contributed by atoms with Crippen molar-refractivity contribution in [1.29, 1.82) is 0 Å². The van der Waals surface area contributed by atoms with E-state index >= 15 is 0 Å². The summed E-state index contributed by atoms with van der Waals surface area (Å²) in [5, 5.41) is 7.71. The molecule has 84 valence electrons. The van der Waals surface area contributed by atoms with Crippen LogP contribution >= 0.6 is 0 Å². The Bertz CT molecular complexity index is 494. The molecule has 2 rings (SSSR count). The molecule has 0 bridgehead atoms. The van der Waals surface area contributed by atoms with Gasteiger partial charge in [0.15, 0.2) is 11.6 Å². The molecule has 3 nitrogen and oxygen atoms in total. The van der Waals surface area contributed by atoms with E-state index in [1.807, 2.05) is 0 Å². The Balaban J connectivity index is 2.02. The van der Waals surface area contributed by atoms with Gasteiger partial charge in [-0.2, -0.15) is 0 Å². The van der Waals surface area contributed by atoms with Crippen molar-refractivity contribution in [3.8, 4) is 0 Å². The summed E-state index contributed by atoms with van der Waals surface area (Å²) in [7, 11) is 1.79. The lowest BCUT2D eigenvalue weighted by molar-refractivity contribution is 0.507. The normalized spacial score (nSPS) is 10.7. The molecule has 0 fully saturated rings. The third kappa shape index (κ3) is 2.42. The smallest absolute Gasteiger partial charge is 0.159 e. The maximum Gasteiger partial charge on any atom is 0.159 e. The van der Waals surface area contributed by atoms with Crippen LogP contribution in [0.15, 0.2) is 24.4 Å². The van der Waals surface area contributed by atoms with Gasteiger partial charge in [0, 0.05) is 13.2 Å². The first-order valence-corrected chi connectivity index (χ1v) is 4.94. The van der Waals surface area contributed by atoms with Crippen molar-refractivity contribution in [3.05, 3.63) is 47.3 Å². The van der Waals surface area contributed by atoms with Crippen LogP contribution in [0.5, 0.6) is 0 Å². The Hall–Kier alpha value is -1.78. The van der Waals surface area contributed by atoms with E-state index < -0.39 is 11.6 Å². The molecule has 1 aromatic heterocycles. The van der Waals surface area contributed by atoms with Crippen molar-refractivity contribution in [1.82, 2.24) is 15.0 Å². The summed E-state index contributed by atoms with van der Waals surface area (Å²) < 4.78 is 27.2. The molecule has 2 aromatic rings. The molecule has 0 spiro atoms. The highest BCUT2D eigenvalue weighted by atomic mass is 19.2. The minimum Gasteiger partial charge on any atom is -0.255 e. The lowest BCUT2D eigenvalue weighted by atomic mass is 10.1. The number of hydrogen-bond donors (Lipinski definition) is 0. The zero-order chi connectivity index (χ0) is 11.5. The molecule has 0 saturated heterocycles. The Morgan fingerprint density at radius 1 is 1.19 bits per heavy atom. The summed E-state index contributed by atoms with van der Waals surface area (Å²) in [6.45, 7) is 0. The topological polar surface area (TPSA) is 30.7 Å². The Morgan fingerprint density at radius 2 is 2.00 bits per heavy atom. The van der Waals surface area contributed by atoms with Crippen molar-refractivity contribution in [2.45, 2.75) is 12.8 Å². The minimum absolute atomic E-state index is 0.621. The standard InChI is InChI=1S/C11H11F2N3/c1-16-7-9(14-15-16)4-2-8-3-5-10(12)11(13)6-8/h3,5-7H,2,4H2,1H3. The van der Waals surface area contributed by atoms with Gasteiger partial charge in [0.05, 0.1) is 5.69 Å². The highest BCUT2D eigenvalue weighted by molar-refractivity contribution is 5.18. The fraction of sp³-hybridized carbons (Fsp3) is 0.273. The molecule has 0 unspecified atom stereocenters. The first-order chi connectivity index (χ1) is 7.65. The van der Waals surface area contributed by atoms with Crippen LogP contribution in [0.1, 0.15) is 11.3 Å². The van der Waals surface area contributed by atoms with Gasteiger partial charge in [-0.15, -0.1) is 5.10 Å². The van der Waals surface area contributed by atoms with E-state index in [2.05, 4.69) is 10.3 Å². The van der Waals surface area contributed by atoms with E-state index in [0.717, 1.165) is 17.3 Å². The van der Waals surface area contributed by atoms with Crippen molar-refractivity contribution in [3.63, 3.8) is 0 Å². The van der Waals surface area contributed by atoms with E-state index in [0.29, 0.717) is 12.8 Å². The largest absolute Gasteiger partial charge is 0.255 e. The molecule has 0 amide bonds. The second kappa shape index (κ2) is 4.38. The maximum atomic E-state index is 12.9. The quantitative estimate of drug-likeness (QED) is 0.795. The number of aryl methyl sites for hydroxylation is 3. The van der Waals surface area contributed by atoms with Crippen LogP contribution in [0.25, 0.3) is 0 Å². The molecule has 0 aliphatic heterocycles. The summed E-state index contributed by atoms with van der Waals surface area (Å²) >= 11 is 0. The van der Waals surface area contributed by atoms with E-state index in [9.17, 15) is 8.78 Å². The van der Waals surface area contributed by atoms with Gasteiger partial charge in [-0.25, -0.2) is 8.78 Å². The number of hydrogen-bond acceptors (Lipinski definition) is 2. The van der Waals surface area contributed by atoms with Gasteiger partial charge < -0.3 is 0 Å². The van der Waals surface area contributed by atoms with Gasteiger partial charge in [0.2, 0.25) is 0 Å². The molecule has 0 saturated carbocycles. The van der Waals surface area contributed by atoms with Gasteiger partial charge in [0.1, 0.15) is 0 Å². The van der Waals surface area contributed by atoms with Crippen LogP contribution in [0.3, 0.4) is 0 Å². The molecule has 0 N–H and O–H groups in total. The van der Waals surface area contributed by atoms with E-state index in [1.165, 1.54) is 6.07 Å². The van der Waals surface area contributed by atoms with Gasteiger partial charge >= 0.3 is 0 Å². The van der Waals surface area contributed by atoms with Gasteiger partial charge in [-0.3, -0.25) is 4.68 Å². The SMILES string of the molecule is Cn1cc(CCc2ccc(F)c(F)c2)nn1. The Morgan fingerprint density at radius 3 is 2.62 bits per heavy atom. The number of nitrogens with zero attached hydrogens (tertiary/aromatic N) is 3. The van der Waals surface area contributed by atoms with Gasteiger partial charge in [0.25, 0.3) is 0 Å².